The van der Waals surface area contributed by atoms with Gasteiger partial charge in [0.1, 0.15) is 11.6 Å². The van der Waals surface area contributed by atoms with E-state index in [1.54, 1.807) is 11.9 Å². The topological polar surface area (TPSA) is 32.3 Å². The van der Waals surface area contributed by atoms with E-state index in [1.807, 2.05) is 18.2 Å². The summed E-state index contributed by atoms with van der Waals surface area (Å²) in [6.45, 7) is 1.04. The van der Waals surface area contributed by atoms with Crippen LogP contribution in [0.2, 0.25) is 0 Å². The molecule has 1 aliphatic carbocycles. The Balaban J connectivity index is 1.49. The molecule has 1 saturated carbocycles. The molecule has 0 spiro atoms. The minimum Gasteiger partial charge on any atom is -0.354 e. The summed E-state index contributed by atoms with van der Waals surface area (Å²) < 4.78 is 26.6. The molecule has 0 bridgehead atoms. The van der Waals surface area contributed by atoms with Gasteiger partial charge in [0.15, 0.2) is 0 Å². The second kappa shape index (κ2) is 7.31. The normalized spacial score (nSPS) is 15.2. The number of likely N-dealkylation sites (N-methyl/N-ethyl adjacent to an activating group) is 1. The van der Waals surface area contributed by atoms with Crippen LogP contribution in [0.3, 0.4) is 0 Å². The van der Waals surface area contributed by atoms with Crippen LogP contribution in [0.15, 0.2) is 48.5 Å². The summed E-state index contributed by atoms with van der Waals surface area (Å²) in [6.07, 6.45) is 2.15. The first kappa shape index (κ1) is 17.5. The van der Waals surface area contributed by atoms with Crippen LogP contribution < -0.4 is 5.32 Å². The van der Waals surface area contributed by atoms with Crippen LogP contribution in [-0.2, 0) is 16.8 Å². The Morgan fingerprint density at radius 1 is 1.16 bits per heavy atom. The van der Waals surface area contributed by atoms with Crippen LogP contribution in [0.5, 0.6) is 0 Å². The van der Waals surface area contributed by atoms with Crippen LogP contribution in [0.4, 0.5) is 8.78 Å². The zero-order chi connectivity index (χ0) is 17.9. The average molecular weight is 344 g/mol. The summed E-state index contributed by atoms with van der Waals surface area (Å²) in [5.41, 5.74) is 1.70. The molecule has 132 valence electrons. The number of hydrogen-bond acceptors (Lipinski definition) is 2. The van der Waals surface area contributed by atoms with Crippen molar-refractivity contribution in [2.24, 2.45) is 0 Å². The maximum Gasteiger partial charge on any atom is 0.234 e. The van der Waals surface area contributed by atoms with Gasteiger partial charge >= 0.3 is 0 Å². The number of carbonyl (C=O) groups is 1. The van der Waals surface area contributed by atoms with Gasteiger partial charge in [-0.2, -0.15) is 0 Å². The number of halogens is 2. The number of nitrogens with zero attached hydrogens (tertiary/aromatic N) is 1. The van der Waals surface area contributed by atoms with Crippen molar-refractivity contribution in [3.8, 4) is 0 Å². The molecule has 2 aromatic rings. The predicted molar refractivity (Wildman–Crippen MR) is 93.1 cm³/mol. The summed E-state index contributed by atoms with van der Waals surface area (Å²) in [5.74, 6) is -1.28. The molecule has 0 heterocycles. The molecule has 3 nitrogen and oxygen atoms in total. The van der Waals surface area contributed by atoms with Crippen LogP contribution in [-0.4, -0.2) is 30.9 Å². The first-order chi connectivity index (χ1) is 12.0. The summed E-state index contributed by atoms with van der Waals surface area (Å²) >= 11 is 0. The van der Waals surface area contributed by atoms with E-state index in [0.717, 1.165) is 18.9 Å². The van der Waals surface area contributed by atoms with Crippen LogP contribution >= 0.6 is 0 Å². The van der Waals surface area contributed by atoms with E-state index in [9.17, 15) is 13.6 Å². The lowest BCUT2D eigenvalue weighted by atomic mass is 9.96. The Labute approximate surface area is 146 Å². The Morgan fingerprint density at radius 2 is 1.88 bits per heavy atom. The van der Waals surface area contributed by atoms with Gasteiger partial charge in [-0.25, -0.2) is 8.78 Å². The Morgan fingerprint density at radius 3 is 2.52 bits per heavy atom. The monoisotopic (exact) mass is 344 g/mol. The molecule has 2 aromatic carbocycles. The van der Waals surface area contributed by atoms with E-state index in [2.05, 4.69) is 17.4 Å². The molecule has 1 N–H and O–H groups in total. The van der Waals surface area contributed by atoms with Crippen molar-refractivity contribution < 1.29 is 13.6 Å². The van der Waals surface area contributed by atoms with E-state index >= 15 is 0 Å². The third-order valence-corrected chi connectivity index (χ3v) is 4.73. The van der Waals surface area contributed by atoms with E-state index < -0.39 is 11.6 Å². The lowest BCUT2D eigenvalue weighted by Crippen LogP contribution is -2.38. The Bertz CT molecular complexity index is 745. The highest BCUT2D eigenvalue weighted by Gasteiger charge is 2.44. The van der Waals surface area contributed by atoms with E-state index in [4.69, 9.17) is 0 Å². The number of rotatable bonds is 7. The number of amides is 1. The molecule has 1 aliphatic rings. The third-order valence-electron chi connectivity index (χ3n) is 4.73. The van der Waals surface area contributed by atoms with Crippen molar-refractivity contribution in [1.29, 1.82) is 0 Å². The van der Waals surface area contributed by atoms with Gasteiger partial charge in [0, 0.05) is 30.1 Å². The molecule has 0 radical (unpaired) electrons. The lowest BCUT2D eigenvalue weighted by molar-refractivity contribution is -0.122. The highest BCUT2D eigenvalue weighted by atomic mass is 19.1. The molecular weight excluding hydrogens is 322 g/mol. The van der Waals surface area contributed by atoms with Gasteiger partial charge in [-0.3, -0.25) is 9.69 Å². The second-order valence-corrected chi connectivity index (χ2v) is 6.83. The molecule has 25 heavy (non-hydrogen) atoms. The highest BCUT2D eigenvalue weighted by molar-refractivity contribution is 5.78. The maximum atomic E-state index is 13.7. The summed E-state index contributed by atoms with van der Waals surface area (Å²) in [6, 6.07) is 13.7. The second-order valence-electron chi connectivity index (χ2n) is 6.83. The molecule has 0 aliphatic heterocycles. The van der Waals surface area contributed by atoms with E-state index in [0.29, 0.717) is 12.1 Å². The number of benzene rings is 2. The predicted octanol–water partition coefficient (Wildman–Crippen LogP) is 3.24. The fourth-order valence-electron chi connectivity index (χ4n) is 3.08. The van der Waals surface area contributed by atoms with Gasteiger partial charge < -0.3 is 5.32 Å². The Hall–Kier alpha value is -2.27. The van der Waals surface area contributed by atoms with E-state index in [-0.39, 0.29) is 24.4 Å². The first-order valence-corrected chi connectivity index (χ1v) is 8.43. The fourth-order valence-corrected chi connectivity index (χ4v) is 3.08. The molecule has 5 heteroatoms. The molecule has 0 saturated heterocycles. The molecule has 1 amide bonds. The van der Waals surface area contributed by atoms with Crippen molar-refractivity contribution in [2.75, 3.05) is 20.1 Å². The van der Waals surface area contributed by atoms with E-state index in [1.165, 1.54) is 17.7 Å². The molecule has 0 unspecified atom stereocenters. The van der Waals surface area contributed by atoms with Gasteiger partial charge in [-0.05, 0) is 31.5 Å². The van der Waals surface area contributed by atoms with Crippen LogP contribution in [0, 0.1) is 11.6 Å². The zero-order valence-corrected chi connectivity index (χ0v) is 14.3. The molecule has 1 fully saturated rings. The van der Waals surface area contributed by atoms with Crippen molar-refractivity contribution >= 4 is 5.91 Å². The maximum absolute atomic E-state index is 13.7. The smallest absolute Gasteiger partial charge is 0.234 e. The van der Waals surface area contributed by atoms with Gasteiger partial charge in [-0.15, -0.1) is 0 Å². The largest absolute Gasteiger partial charge is 0.354 e. The number of carbonyl (C=O) groups excluding carboxylic acids is 1. The van der Waals surface area contributed by atoms with Crippen molar-refractivity contribution in [1.82, 2.24) is 10.2 Å². The Kier molecular flexibility index (Phi) is 5.13. The molecule has 0 aromatic heterocycles. The quantitative estimate of drug-likeness (QED) is 0.836. The standard InChI is InChI=1S/C20H22F2N2O/c1-24(12-15-7-8-17(21)11-18(15)22)13-19(25)23-14-20(9-10-20)16-5-3-2-4-6-16/h2-8,11H,9-10,12-14H2,1H3,(H,23,25). The van der Waals surface area contributed by atoms with Crippen molar-refractivity contribution in [3.63, 3.8) is 0 Å². The SMILES string of the molecule is CN(CC(=O)NCC1(c2ccccc2)CC1)Cc1ccc(F)cc1F. The minimum atomic E-state index is -0.600. The number of hydrogen-bond donors (Lipinski definition) is 1. The zero-order valence-electron chi connectivity index (χ0n) is 14.3. The van der Waals surface area contributed by atoms with Gasteiger partial charge in [-0.1, -0.05) is 36.4 Å². The average Bonchev–Trinajstić information content (AvgIpc) is 3.38. The molecular formula is C20H22F2N2O. The van der Waals surface area contributed by atoms with Crippen LogP contribution in [0.25, 0.3) is 0 Å². The summed E-state index contributed by atoms with van der Waals surface area (Å²) in [4.78, 5) is 13.9. The third kappa shape index (κ3) is 4.42. The molecule has 3 rings (SSSR count). The van der Waals surface area contributed by atoms with Gasteiger partial charge in [0.2, 0.25) is 5.91 Å². The van der Waals surface area contributed by atoms with Crippen molar-refractivity contribution in [2.45, 2.75) is 24.8 Å². The molecule has 0 atom stereocenters. The van der Waals surface area contributed by atoms with Gasteiger partial charge in [0.25, 0.3) is 0 Å². The van der Waals surface area contributed by atoms with Crippen LogP contribution in [0.1, 0.15) is 24.0 Å². The minimum absolute atomic E-state index is 0.0680. The first-order valence-electron chi connectivity index (χ1n) is 8.43. The van der Waals surface area contributed by atoms with Gasteiger partial charge in [0.05, 0.1) is 6.54 Å². The fraction of sp³-hybridized carbons (Fsp3) is 0.350. The summed E-state index contributed by atoms with van der Waals surface area (Å²) in [7, 11) is 1.74. The summed E-state index contributed by atoms with van der Waals surface area (Å²) in [5, 5.41) is 2.99. The van der Waals surface area contributed by atoms with Crippen molar-refractivity contribution in [3.05, 3.63) is 71.3 Å². The lowest BCUT2D eigenvalue weighted by Gasteiger charge is -2.20. The number of nitrogens with one attached hydrogen (secondary N) is 1. The highest BCUT2D eigenvalue weighted by Crippen LogP contribution is 2.47.